The van der Waals surface area contributed by atoms with Gasteiger partial charge in [0.25, 0.3) is 0 Å². The fourth-order valence-electron chi connectivity index (χ4n) is 2.54. The highest BCUT2D eigenvalue weighted by Crippen LogP contribution is 2.21. The van der Waals surface area contributed by atoms with Crippen LogP contribution in [0.5, 0.6) is 5.75 Å². The fraction of sp³-hybridized carbons (Fsp3) is 0.619. The van der Waals surface area contributed by atoms with Gasteiger partial charge in [-0.05, 0) is 49.3 Å². The Morgan fingerprint density at radius 3 is 2.64 bits per heavy atom. The molecule has 0 N–H and O–H groups in total. The molecule has 1 aromatic rings. The first-order valence-electron chi connectivity index (χ1n) is 9.17. The third-order valence-electron chi connectivity index (χ3n) is 4.33. The molecular formula is C21H34O. The van der Waals surface area contributed by atoms with E-state index in [0.29, 0.717) is 0 Å². The zero-order valence-corrected chi connectivity index (χ0v) is 14.8. The molecule has 1 unspecified atom stereocenters. The molecule has 0 aliphatic carbocycles. The maximum Gasteiger partial charge on any atom is 0.129 e. The normalized spacial score (nSPS) is 12.7. The molecule has 0 saturated carbocycles. The Balaban J connectivity index is 2.35. The van der Waals surface area contributed by atoms with Gasteiger partial charge in [0.2, 0.25) is 0 Å². The van der Waals surface area contributed by atoms with Gasteiger partial charge in [0.05, 0.1) is 6.26 Å². The average molecular weight is 303 g/mol. The van der Waals surface area contributed by atoms with E-state index in [1.54, 1.807) is 0 Å². The van der Waals surface area contributed by atoms with Crippen LogP contribution in [0.3, 0.4) is 0 Å². The predicted octanol–water partition coefficient (Wildman–Crippen LogP) is 6.92. The summed E-state index contributed by atoms with van der Waals surface area (Å²) in [4.78, 5) is 0. The summed E-state index contributed by atoms with van der Waals surface area (Å²) in [5.41, 5.74) is 1.34. The molecular weight excluding hydrogens is 268 g/mol. The second kappa shape index (κ2) is 12.3. The van der Waals surface area contributed by atoms with E-state index in [9.17, 15) is 0 Å². The third kappa shape index (κ3) is 8.26. The first-order chi connectivity index (χ1) is 10.8. The Labute approximate surface area is 137 Å². The standard InChI is InChI=1S/C21H34O/c1-4-6-7-8-13-18-22-21-17-12-11-16-20(21)15-10-9-14-19(3)5-2/h11-13,16-19H,4-10,14-15H2,1-3H3. The number of hydrogen-bond donors (Lipinski definition) is 0. The van der Waals surface area contributed by atoms with E-state index >= 15 is 0 Å². The molecule has 124 valence electrons. The summed E-state index contributed by atoms with van der Waals surface area (Å²) >= 11 is 0. The first-order valence-corrected chi connectivity index (χ1v) is 9.17. The topological polar surface area (TPSA) is 9.23 Å². The van der Waals surface area contributed by atoms with Gasteiger partial charge in [-0.15, -0.1) is 0 Å². The molecule has 0 aliphatic rings. The Morgan fingerprint density at radius 1 is 1.05 bits per heavy atom. The summed E-state index contributed by atoms with van der Waals surface area (Å²) in [5.74, 6) is 1.88. The zero-order valence-electron chi connectivity index (χ0n) is 14.8. The van der Waals surface area contributed by atoms with Gasteiger partial charge in [0.15, 0.2) is 0 Å². The summed E-state index contributed by atoms with van der Waals surface area (Å²) in [6.45, 7) is 6.86. The molecule has 0 radical (unpaired) electrons. The van der Waals surface area contributed by atoms with Gasteiger partial charge in [0, 0.05) is 0 Å². The van der Waals surface area contributed by atoms with Crippen molar-refractivity contribution in [3.05, 3.63) is 42.2 Å². The van der Waals surface area contributed by atoms with Crippen LogP contribution in [0.15, 0.2) is 36.6 Å². The van der Waals surface area contributed by atoms with Gasteiger partial charge < -0.3 is 4.74 Å². The monoisotopic (exact) mass is 302 g/mol. The molecule has 0 aromatic heterocycles. The van der Waals surface area contributed by atoms with E-state index in [4.69, 9.17) is 4.74 Å². The van der Waals surface area contributed by atoms with Crippen molar-refractivity contribution in [1.82, 2.24) is 0 Å². The van der Waals surface area contributed by atoms with Crippen LogP contribution in [0.4, 0.5) is 0 Å². The van der Waals surface area contributed by atoms with Crippen molar-refractivity contribution >= 4 is 0 Å². The lowest BCUT2D eigenvalue weighted by Gasteiger charge is -2.10. The Morgan fingerprint density at radius 2 is 1.86 bits per heavy atom. The van der Waals surface area contributed by atoms with Crippen LogP contribution in [0, 0.1) is 5.92 Å². The Bertz CT molecular complexity index is 408. The van der Waals surface area contributed by atoms with Crippen LogP contribution in [0.25, 0.3) is 0 Å². The van der Waals surface area contributed by atoms with Gasteiger partial charge in [-0.1, -0.05) is 71.1 Å². The minimum absolute atomic E-state index is 0.859. The number of rotatable bonds is 12. The molecule has 1 atom stereocenters. The van der Waals surface area contributed by atoms with E-state index in [2.05, 4.69) is 51.1 Å². The molecule has 0 fully saturated rings. The van der Waals surface area contributed by atoms with Gasteiger partial charge in [-0.3, -0.25) is 0 Å². The van der Waals surface area contributed by atoms with Gasteiger partial charge in [0.1, 0.15) is 5.75 Å². The molecule has 1 nitrogen and oxygen atoms in total. The van der Waals surface area contributed by atoms with Crippen molar-refractivity contribution in [1.29, 1.82) is 0 Å². The van der Waals surface area contributed by atoms with Crippen molar-refractivity contribution in [3.8, 4) is 5.75 Å². The van der Waals surface area contributed by atoms with Crippen LogP contribution in [-0.2, 0) is 6.42 Å². The van der Waals surface area contributed by atoms with Crippen LogP contribution in [-0.4, -0.2) is 0 Å². The van der Waals surface area contributed by atoms with E-state index in [-0.39, 0.29) is 0 Å². The highest BCUT2D eigenvalue weighted by Gasteiger charge is 2.03. The van der Waals surface area contributed by atoms with Gasteiger partial charge in [-0.2, -0.15) is 0 Å². The van der Waals surface area contributed by atoms with Crippen molar-refractivity contribution in [3.63, 3.8) is 0 Å². The lowest BCUT2D eigenvalue weighted by atomic mass is 9.99. The fourth-order valence-corrected chi connectivity index (χ4v) is 2.54. The third-order valence-corrected chi connectivity index (χ3v) is 4.33. The summed E-state index contributed by atoms with van der Waals surface area (Å²) in [5, 5.41) is 0. The predicted molar refractivity (Wildman–Crippen MR) is 97.4 cm³/mol. The summed E-state index contributed by atoms with van der Waals surface area (Å²) < 4.78 is 5.84. The average Bonchev–Trinajstić information content (AvgIpc) is 2.55. The number of ether oxygens (including phenoxy) is 1. The SMILES string of the molecule is CCCCCC=COc1ccccc1CCCCC(C)CC. The Hall–Kier alpha value is -1.24. The highest BCUT2D eigenvalue weighted by molar-refractivity contribution is 5.33. The van der Waals surface area contributed by atoms with Gasteiger partial charge >= 0.3 is 0 Å². The molecule has 22 heavy (non-hydrogen) atoms. The maximum absolute atomic E-state index is 5.84. The zero-order chi connectivity index (χ0) is 16.0. The first kappa shape index (κ1) is 18.8. The number of benzene rings is 1. The van der Waals surface area contributed by atoms with Crippen molar-refractivity contribution in [2.45, 2.75) is 78.6 Å². The molecule has 0 saturated heterocycles. The Kier molecular flexibility index (Phi) is 10.5. The lowest BCUT2D eigenvalue weighted by Crippen LogP contribution is -1.95. The van der Waals surface area contributed by atoms with Crippen molar-refractivity contribution in [2.24, 2.45) is 5.92 Å². The summed E-state index contributed by atoms with van der Waals surface area (Å²) in [6.07, 6.45) is 15.3. The number of hydrogen-bond acceptors (Lipinski definition) is 1. The van der Waals surface area contributed by atoms with Crippen LogP contribution in [0.2, 0.25) is 0 Å². The molecule has 1 heteroatoms. The molecule has 0 heterocycles. The van der Waals surface area contributed by atoms with Crippen LogP contribution >= 0.6 is 0 Å². The highest BCUT2D eigenvalue weighted by atomic mass is 16.5. The van der Waals surface area contributed by atoms with Crippen molar-refractivity contribution in [2.75, 3.05) is 0 Å². The lowest BCUT2D eigenvalue weighted by molar-refractivity contribution is 0.463. The van der Waals surface area contributed by atoms with E-state index < -0.39 is 0 Å². The smallest absolute Gasteiger partial charge is 0.129 e. The molecule has 0 aliphatic heterocycles. The van der Waals surface area contributed by atoms with E-state index in [0.717, 1.165) is 24.5 Å². The second-order valence-electron chi connectivity index (χ2n) is 6.35. The van der Waals surface area contributed by atoms with Gasteiger partial charge in [-0.25, -0.2) is 0 Å². The number of allylic oxidation sites excluding steroid dienone is 1. The molecule has 0 spiro atoms. The molecule has 0 amide bonds. The summed E-state index contributed by atoms with van der Waals surface area (Å²) in [6, 6.07) is 8.45. The van der Waals surface area contributed by atoms with Crippen molar-refractivity contribution < 1.29 is 4.74 Å². The van der Waals surface area contributed by atoms with E-state index in [1.807, 2.05) is 6.26 Å². The number of aryl methyl sites for hydroxylation is 1. The second-order valence-corrected chi connectivity index (χ2v) is 6.35. The molecule has 0 bridgehead atoms. The number of para-hydroxylation sites is 1. The molecule has 1 rings (SSSR count). The number of unbranched alkanes of at least 4 members (excludes halogenated alkanes) is 4. The minimum atomic E-state index is 0.859. The minimum Gasteiger partial charge on any atom is -0.465 e. The molecule has 1 aromatic carbocycles. The largest absolute Gasteiger partial charge is 0.465 e. The van der Waals surface area contributed by atoms with E-state index in [1.165, 1.54) is 50.5 Å². The quantitative estimate of drug-likeness (QED) is 0.301. The van der Waals surface area contributed by atoms with Crippen LogP contribution < -0.4 is 4.74 Å². The summed E-state index contributed by atoms with van der Waals surface area (Å²) in [7, 11) is 0. The van der Waals surface area contributed by atoms with Crippen LogP contribution in [0.1, 0.15) is 77.7 Å². The maximum atomic E-state index is 5.84.